The van der Waals surface area contributed by atoms with Gasteiger partial charge >= 0.3 is 0 Å². The summed E-state index contributed by atoms with van der Waals surface area (Å²) in [6, 6.07) is 1.21. The van der Waals surface area contributed by atoms with Crippen molar-refractivity contribution in [2.45, 2.75) is 44.7 Å². The van der Waals surface area contributed by atoms with E-state index in [0.29, 0.717) is 18.7 Å². The quantitative estimate of drug-likeness (QED) is 0.565. The van der Waals surface area contributed by atoms with Gasteiger partial charge in [0.25, 0.3) is 0 Å². The second kappa shape index (κ2) is 6.35. The van der Waals surface area contributed by atoms with Crippen LogP contribution in [0, 0.1) is 0 Å². The molecular formula is C10H22N2O. The fourth-order valence-corrected chi connectivity index (χ4v) is 1.77. The minimum Gasteiger partial charge on any atom is -0.396 e. The molecule has 13 heavy (non-hydrogen) atoms. The molecular weight excluding hydrogens is 164 g/mol. The van der Waals surface area contributed by atoms with Gasteiger partial charge in [-0.3, -0.25) is 0 Å². The Balaban J connectivity index is 1.97. The molecule has 0 radical (unpaired) electrons. The standard InChI is InChI=1S/C10H22N2O/c1-9(4-3-7-13)12-8-10-5-2-6-11-10/h9-13H,2-8H2,1H3. The highest BCUT2D eigenvalue weighted by atomic mass is 16.2. The zero-order valence-electron chi connectivity index (χ0n) is 8.55. The van der Waals surface area contributed by atoms with Gasteiger partial charge in [-0.05, 0) is 39.2 Å². The number of hydrogen-bond acceptors (Lipinski definition) is 3. The van der Waals surface area contributed by atoms with Crippen molar-refractivity contribution in [3.63, 3.8) is 0 Å². The first-order valence-corrected chi connectivity index (χ1v) is 5.40. The number of aliphatic hydroxyl groups excluding tert-OH is 1. The summed E-state index contributed by atoms with van der Waals surface area (Å²) in [4.78, 5) is 0. The van der Waals surface area contributed by atoms with Crippen molar-refractivity contribution >= 4 is 0 Å². The van der Waals surface area contributed by atoms with Crippen molar-refractivity contribution in [1.82, 2.24) is 10.6 Å². The van der Waals surface area contributed by atoms with E-state index < -0.39 is 0 Å². The van der Waals surface area contributed by atoms with Gasteiger partial charge in [-0.15, -0.1) is 0 Å². The van der Waals surface area contributed by atoms with E-state index >= 15 is 0 Å². The van der Waals surface area contributed by atoms with Crippen molar-refractivity contribution in [2.24, 2.45) is 0 Å². The van der Waals surface area contributed by atoms with Crippen LogP contribution in [-0.2, 0) is 0 Å². The third-order valence-electron chi connectivity index (χ3n) is 2.67. The van der Waals surface area contributed by atoms with Crippen LogP contribution in [0.15, 0.2) is 0 Å². The zero-order chi connectivity index (χ0) is 9.52. The second-order valence-corrected chi connectivity index (χ2v) is 3.97. The number of hydrogen-bond donors (Lipinski definition) is 3. The average Bonchev–Trinajstić information content (AvgIpc) is 2.64. The van der Waals surface area contributed by atoms with E-state index in [1.54, 1.807) is 0 Å². The number of nitrogens with one attached hydrogen (secondary N) is 2. The van der Waals surface area contributed by atoms with Crippen LogP contribution in [0.1, 0.15) is 32.6 Å². The maximum atomic E-state index is 8.65. The molecule has 0 spiro atoms. The third-order valence-corrected chi connectivity index (χ3v) is 2.67. The van der Waals surface area contributed by atoms with Crippen LogP contribution >= 0.6 is 0 Å². The van der Waals surface area contributed by atoms with Crippen molar-refractivity contribution in [1.29, 1.82) is 0 Å². The number of aliphatic hydroxyl groups is 1. The maximum Gasteiger partial charge on any atom is 0.0431 e. The Hall–Kier alpha value is -0.120. The lowest BCUT2D eigenvalue weighted by molar-refractivity contribution is 0.276. The third kappa shape index (κ3) is 4.60. The molecule has 0 amide bonds. The Labute approximate surface area is 80.9 Å². The largest absolute Gasteiger partial charge is 0.396 e. The molecule has 0 bridgehead atoms. The molecule has 3 heteroatoms. The first kappa shape index (κ1) is 11.0. The van der Waals surface area contributed by atoms with E-state index in [-0.39, 0.29) is 0 Å². The lowest BCUT2D eigenvalue weighted by Gasteiger charge is -2.16. The van der Waals surface area contributed by atoms with Crippen molar-refractivity contribution in [3.05, 3.63) is 0 Å². The lowest BCUT2D eigenvalue weighted by Crippen LogP contribution is -2.38. The summed E-state index contributed by atoms with van der Waals surface area (Å²) in [6.07, 6.45) is 4.60. The first-order valence-electron chi connectivity index (χ1n) is 5.40. The van der Waals surface area contributed by atoms with Gasteiger partial charge in [-0.1, -0.05) is 0 Å². The minimum atomic E-state index is 0.313. The molecule has 1 rings (SSSR count). The van der Waals surface area contributed by atoms with Crippen LogP contribution in [0.5, 0.6) is 0 Å². The van der Waals surface area contributed by atoms with E-state index in [9.17, 15) is 0 Å². The Morgan fingerprint density at radius 2 is 2.46 bits per heavy atom. The zero-order valence-corrected chi connectivity index (χ0v) is 8.55. The molecule has 3 nitrogen and oxygen atoms in total. The predicted molar refractivity (Wildman–Crippen MR) is 54.8 cm³/mol. The molecule has 1 aliphatic heterocycles. The molecule has 1 saturated heterocycles. The minimum absolute atomic E-state index is 0.313. The van der Waals surface area contributed by atoms with Gasteiger partial charge in [0.1, 0.15) is 0 Å². The highest BCUT2D eigenvalue weighted by Gasteiger charge is 2.13. The van der Waals surface area contributed by atoms with Crippen LogP contribution in [-0.4, -0.2) is 36.9 Å². The van der Waals surface area contributed by atoms with Gasteiger partial charge < -0.3 is 15.7 Å². The van der Waals surface area contributed by atoms with E-state index in [1.165, 1.54) is 19.4 Å². The molecule has 0 saturated carbocycles. The highest BCUT2D eigenvalue weighted by molar-refractivity contribution is 4.77. The topological polar surface area (TPSA) is 44.3 Å². The van der Waals surface area contributed by atoms with Crippen LogP contribution in [0.3, 0.4) is 0 Å². The van der Waals surface area contributed by atoms with E-state index in [4.69, 9.17) is 5.11 Å². The summed E-state index contributed by atoms with van der Waals surface area (Å²) in [6.45, 7) is 4.75. The van der Waals surface area contributed by atoms with Crippen LogP contribution in [0.2, 0.25) is 0 Å². The summed E-state index contributed by atoms with van der Waals surface area (Å²) in [5.74, 6) is 0. The SMILES string of the molecule is CC(CCCO)NCC1CCCN1. The Kier molecular flexibility index (Phi) is 5.35. The van der Waals surface area contributed by atoms with Crippen molar-refractivity contribution in [2.75, 3.05) is 19.7 Å². The average molecular weight is 186 g/mol. The van der Waals surface area contributed by atoms with Crippen LogP contribution in [0.4, 0.5) is 0 Å². The molecule has 0 aromatic rings. The normalized spacial score (nSPS) is 24.9. The Morgan fingerprint density at radius 3 is 3.08 bits per heavy atom. The monoisotopic (exact) mass is 186 g/mol. The smallest absolute Gasteiger partial charge is 0.0431 e. The molecule has 1 aliphatic rings. The van der Waals surface area contributed by atoms with Crippen LogP contribution in [0.25, 0.3) is 0 Å². The summed E-state index contributed by atoms with van der Waals surface area (Å²) >= 11 is 0. The molecule has 2 unspecified atom stereocenters. The molecule has 0 aromatic heterocycles. The van der Waals surface area contributed by atoms with Gasteiger partial charge in [0.15, 0.2) is 0 Å². The predicted octanol–water partition coefficient (Wildman–Crippen LogP) is 0.489. The van der Waals surface area contributed by atoms with E-state index in [1.807, 2.05) is 0 Å². The van der Waals surface area contributed by atoms with Crippen molar-refractivity contribution < 1.29 is 5.11 Å². The summed E-state index contributed by atoms with van der Waals surface area (Å²) < 4.78 is 0. The molecule has 2 atom stereocenters. The molecule has 3 N–H and O–H groups in total. The first-order chi connectivity index (χ1) is 6.33. The molecule has 1 fully saturated rings. The molecule has 0 aliphatic carbocycles. The Bertz CT molecular complexity index is 124. The van der Waals surface area contributed by atoms with E-state index in [2.05, 4.69) is 17.6 Å². The van der Waals surface area contributed by atoms with Gasteiger partial charge in [0.05, 0.1) is 0 Å². The van der Waals surface area contributed by atoms with E-state index in [0.717, 1.165) is 19.4 Å². The fourth-order valence-electron chi connectivity index (χ4n) is 1.77. The summed E-state index contributed by atoms with van der Waals surface area (Å²) in [5, 5.41) is 15.6. The fraction of sp³-hybridized carbons (Fsp3) is 1.00. The summed E-state index contributed by atoms with van der Waals surface area (Å²) in [5.41, 5.74) is 0. The maximum absolute atomic E-state index is 8.65. The van der Waals surface area contributed by atoms with Gasteiger partial charge in [0, 0.05) is 25.2 Å². The molecule has 1 heterocycles. The van der Waals surface area contributed by atoms with Gasteiger partial charge in [-0.2, -0.15) is 0 Å². The molecule has 78 valence electrons. The second-order valence-electron chi connectivity index (χ2n) is 3.97. The lowest BCUT2D eigenvalue weighted by atomic mass is 10.1. The van der Waals surface area contributed by atoms with Crippen molar-refractivity contribution in [3.8, 4) is 0 Å². The Morgan fingerprint density at radius 1 is 1.62 bits per heavy atom. The van der Waals surface area contributed by atoms with Gasteiger partial charge in [-0.25, -0.2) is 0 Å². The number of rotatable bonds is 6. The molecule has 0 aromatic carbocycles. The summed E-state index contributed by atoms with van der Waals surface area (Å²) in [7, 11) is 0. The highest BCUT2D eigenvalue weighted by Crippen LogP contribution is 2.04. The van der Waals surface area contributed by atoms with Gasteiger partial charge in [0.2, 0.25) is 0 Å². The van der Waals surface area contributed by atoms with Crippen LogP contribution < -0.4 is 10.6 Å².